The number of nitrogens with one attached hydrogen (secondary N) is 2. The summed E-state index contributed by atoms with van der Waals surface area (Å²) in [5.74, 6) is -0.326. The molecule has 0 saturated carbocycles. The predicted octanol–water partition coefficient (Wildman–Crippen LogP) is 4.63. The fourth-order valence-corrected chi connectivity index (χ4v) is 3.37. The number of benzene rings is 3. The van der Waals surface area contributed by atoms with Crippen molar-refractivity contribution in [2.75, 3.05) is 20.3 Å². The lowest BCUT2D eigenvalue weighted by molar-refractivity contribution is -0.120. The lowest BCUT2D eigenvalue weighted by Crippen LogP contribution is -2.35. The van der Waals surface area contributed by atoms with Crippen molar-refractivity contribution in [2.24, 2.45) is 5.10 Å². The lowest BCUT2D eigenvalue weighted by Gasteiger charge is -2.10. The number of nitrogens with zero attached hydrogens (tertiary/aromatic N) is 1. The molecule has 0 aliphatic heterocycles. The van der Waals surface area contributed by atoms with Crippen LogP contribution in [-0.4, -0.2) is 44.3 Å². The largest absolute Gasteiger partial charge is 0.494 e. The van der Waals surface area contributed by atoms with Crippen LogP contribution in [0.15, 0.2) is 71.8 Å². The number of ether oxygens (including phenoxy) is 3. The smallest absolute Gasteiger partial charge is 0.343 e. The Kier molecular flexibility index (Phi) is 10.7. The van der Waals surface area contributed by atoms with Gasteiger partial charge in [0, 0.05) is 0 Å². The molecule has 9 nitrogen and oxygen atoms in total. The molecule has 0 aromatic heterocycles. The second-order valence-electron chi connectivity index (χ2n) is 7.98. The summed E-state index contributed by atoms with van der Waals surface area (Å²) in [6.45, 7) is 2.42. The van der Waals surface area contributed by atoms with Gasteiger partial charge >= 0.3 is 5.97 Å². The Morgan fingerprint density at radius 1 is 1.00 bits per heavy atom. The molecule has 0 heterocycles. The first kappa shape index (κ1) is 28.2. The number of carbonyl (C=O) groups excluding carboxylic acids is 3. The second kappa shape index (κ2) is 14.4. The first-order chi connectivity index (χ1) is 18.4. The molecule has 0 aliphatic carbocycles. The summed E-state index contributed by atoms with van der Waals surface area (Å²) in [5, 5.41) is 6.65. The van der Waals surface area contributed by atoms with Crippen molar-refractivity contribution in [1.82, 2.24) is 10.7 Å². The number of methoxy groups -OCH3 is 1. The van der Waals surface area contributed by atoms with Gasteiger partial charge in [-0.3, -0.25) is 9.59 Å². The molecule has 0 saturated heterocycles. The number of hydrogen-bond acceptors (Lipinski definition) is 7. The van der Waals surface area contributed by atoms with E-state index in [1.165, 1.54) is 13.3 Å². The molecular formula is C28H28ClN3O6. The molecule has 0 atom stereocenters. The summed E-state index contributed by atoms with van der Waals surface area (Å²) in [7, 11) is 1.44. The number of rotatable bonds is 12. The van der Waals surface area contributed by atoms with Crippen molar-refractivity contribution in [3.8, 4) is 17.2 Å². The second-order valence-corrected chi connectivity index (χ2v) is 8.39. The zero-order valence-electron chi connectivity index (χ0n) is 21.0. The first-order valence-corrected chi connectivity index (χ1v) is 12.3. The fraction of sp³-hybridized carbons (Fsp3) is 0.214. The Hall–Kier alpha value is -4.37. The summed E-state index contributed by atoms with van der Waals surface area (Å²) in [4.78, 5) is 36.7. The summed E-state index contributed by atoms with van der Waals surface area (Å²) >= 11 is 5.98. The molecule has 2 amide bonds. The van der Waals surface area contributed by atoms with Crippen molar-refractivity contribution in [1.29, 1.82) is 0 Å². The van der Waals surface area contributed by atoms with Crippen LogP contribution in [0.5, 0.6) is 17.2 Å². The number of halogens is 1. The molecule has 38 heavy (non-hydrogen) atoms. The average molecular weight is 538 g/mol. The molecule has 3 aromatic rings. The van der Waals surface area contributed by atoms with Gasteiger partial charge in [-0.05, 0) is 66.6 Å². The standard InChI is InChI=1S/C28H28ClN3O6/c1-3-4-15-37-21-12-10-20(11-13-21)28(35)38-24-14-9-19(16-25(24)36-2)17-31-32-26(33)18-30-27(34)22-7-5-6-8-23(22)29/h5-14,16-17H,3-4,15,18H2,1-2H3,(H,30,34)(H,32,33)/b31-17-. The third-order valence-corrected chi connectivity index (χ3v) is 5.51. The van der Waals surface area contributed by atoms with Crippen LogP contribution in [0.1, 0.15) is 46.0 Å². The van der Waals surface area contributed by atoms with Gasteiger partial charge in [0.25, 0.3) is 11.8 Å². The van der Waals surface area contributed by atoms with E-state index in [2.05, 4.69) is 22.8 Å². The van der Waals surface area contributed by atoms with Crippen molar-refractivity contribution >= 4 is 35.6 Å². The van der Waals surface area contributed by atoms with Crippen LogP contribution in [0.2, 0.25) is 5.02 Å². The van der Waals surface area contributed by atoms with E-state index < -0.39 is 17.8 Å². The average Bonchev–Trinajstić information content (AvgIpc) is 2.93. The van der Waals surface area contributed by atoms with Crippen LogP contribution in [-0.2, 0) is 4.79 Å². The highest BCUT2D eigenvalue weighted by molar-refractivity contribution is 6.33. The van der Waals surface area contributed by atoms with E-state index in [1.807, 2.05) is 0 Å². The van der Waals surface area contributed by atoms with E-state index in [4.69, 9.17) is 25.8 Å². The number of hydrogen-bond donors (Lipinski definition) is 2. The number of esters is 1. The van der Waals surface area contributed by atoms with E-state index in [-0.39, 0.29) is 22.9 Å². The Balaban J connectivity index is 1.52. The molecule has 0 aliphatic rings. The van der Waals surface area contributed by atoms with Crippen LogP contribution in [0, 0.1) is 0 Å². The zero-order valence-corrected chi connectivity index (χ0v) is 21.8. The van der Waals surface area contributed by atoms with E-state index in [0.717, 1.165) is 12.8 Å². The van der Waals surface area contributed by atoms with Crippen molar-refractivity contribution in [3.63, 3.8) is 0 Å². The Bertz CT molecular complexity index is 1290. The lowest BCUT2D eigenvalue weighted by atomic mass is 10.2. The molecule has 0 spiro atoms. The van der Waals surface area contributed by atoms with Gasteiger partial charge in [-0.1, -0.05) is 37.1 Å². The van der Waals surface area contributed by atoms with E-state index in [9.17, 15) is 14.4 Å². The maximum Gasteiger partial charge on any atom is 0.343 e. The first-order valence-electron chi connectivity index (χ1n) is 11.9. The van der Waals surface area contributed by atoms with Gasteiger partial charge < -0.3 is 19.5 Å². The minimum atomic E-state index is -0.545. The highest BCUT2D eigenvalue weighted by atomic mass is 35.5. The van der Waals surface area contributed by atoms with Crippen molar-refractivity contribution in [3.05, 3.63) is 88.4 Å². The summed E-state index contributed by atoms with van der Waals surface area (Å²) < 4.78 is 16.4. The quantitative estimate of drug-likeness (QED) is 0.114. The van der Waals surface area contributed by atoms with Crippen LogP contribution in [0.4, 0.5) is 0 Å². The Labute approximate surface area is 225 Å². The molecule has 0 unspecified atom stereocenters. The zero-order chi connectivity index (χ0) is 27.3. The molecule has 10 heteroatoms. The minimum absolute atomic E-state index is 0.226. The van der Waals surface area contributed by atoms with Gasteiger partial charge in [0.1, 0.15) is 5.75 Å². The predicted molar refractivity (Wildman–Crippen MR) is 144 cm³/mol. The third-order valence-electron chi connectivity index (χ3n) is 5.18. The molecule has 198 valence electrons. The van der Waals surface area contributed by atoms with E-state index in [1.54, 1.807) is 66.7 Å². The molecule has 0 bridgehead atoms. The van der Waals surface area contributed by atoms with Crippen LogP contribution in [0.25, 0.3) is 0 Å². The molecule has 2 N–H and O–H groups in total. The Morgan fingerprint density at radius 2 is 1.76 bits per heavy atom. The highest BCUT2D eigenvalue weighted by Gasteiger charge is 2.14. The number of amides is 2. The van der Waals surface area contributed by atoms with Gasteiger partial charge in [-0.25, -0.2) is 10.2 Å². The SMILES string of the molecule is CCCCOc1ccc(C(=O)Oc2ccc(/C=N\NC(=O)CNC(=O)c3ccccc3Cl)cc2OC)cc1. The number of hydrazone groups is 1. The van der Waals surface area contributed by atoms with Crippen LogP contribution < -0.4 is 25.0 Å². The van der Waals surface area contributed by atoms with Gasteiger partial charge in [-0.15, -0.1) is 0 Å². The highest BCUT2D eigenvalue weighted by Crippen LogP contribution is 2.28. The molecule has 3 rings (SSSR count). The van der Waals surface area contributed by atoms with Crippen LogP contribution >= 0.6 is 11.6 Å². The molecular weight excluding hydrogens is 510 g/mol. The molecule has 0 fully saturated rings. The maximum absolute atomic E-state index is 12.6. The number of unbranched alkanes of at least 4 members (excludes halogenated alkanes) is 1. The molecule has 3 aromatic carbocycles. The third kappa shape index (κ3) is 8.35. The van der Waals surface area contributed by atoms with Gasteiger partial charge in [-0.2, -0.15) is 5.10 Å². The van der Waals surface area contributed by atoms with Crippen molar-refractivity contribution in [2.45, 2.75) is 19.8 Å². The van der Waals surface area contributed by atoms with Crippen LogP contribution in [0.3, 0.4) is 0 Å². The molecule has 0 radical (unpaired) electrons. The van der Waals surface area contributed by atoms with Gasteiger partial charge in [0.2, 0.25) is 0 Å². The monoisotopic (exact) mass is 537 g/mol. The van der Waals surface area contributed by atoms with E-state index in [0.29, 0.717) is 29.2 Å². The van der Waals surface area contributed by atoms with Gasteiger partial charge in [0.05, 0.1) is 42.6 Å². The minimum Gasteiger partial charge on any atom is -0.494 e. The van der Waals surface area contributed by atoms with Crippen molar-refractivity contribution < 1.29 is 28.6 Å². The Morgan fingerprint density at radius 3 is 2.47 bits per heavy atom. The summed E-state index contributed by atoms with van der Waals surface area (Å²) in [6, 6.07) is 18.0. The summed E-state index contributed by atoms with van der Waals surface area (Å²) in [6.07, 6.45) is 3.38. The maximum atomic E-state index is 12.6. The van der Waals surface area contributed by atoms with E-state index >= 15 is 0 Å². The number of carbonyl (C=O) groups is 3. The fourth-order valence-electron chi connectivity index (χ4n) is 3.15. The van der Waals surface area contributed by atoms with Gasteiger partial charge in [0.15, 0.2) is 11.5 Å². The topological polar surface area (TPSA) is 115 Å². The normalized spacial score (nSPS) is 10.6. The summed E-state index contributed by atoms with van der Waals surface area (Å²) in [5.41, 5.74) is 3.54.